The van der Waals surface area contributed by atoms with Gasteiger partial charge in [-0.2, -0.15) is 0 Å². The summed E-state index contributed by atoms with van der Waals surface area (Å²) in [6.07, 6.45) is 1.67. The van der Waals surface area contributed by atoms with Gasteiger partial charge >= 0.3 is 0 Å². The van der Waals surface area contributed by atoms with Crippen LogP contribution < -0.4 is 4.57 Å². The highest BCUT2D eigenvalue weighted by Crippen LogP contribution is 2.33. The summed E-state index contributed by atoms with van der Waals surface area (Å²) in [5.74, 6) is 0. The average Bonchev–Trinajstić information content (AvgIpc) is 2.90. The van der Waals surface area contributed by atoms with E-state index in [1.807, 2.05) is 49.7 Å². The van der Waals surface area contributed by atoms with E-state index >= 15 is 0 Å². The van der Waals surface area contributed by atoms with Crippen LogP contribution in [0.5, 0.6) is 0 Å². The highest BCUT2D eigenvalue weighted by molar-refractivity contribution is 6.04. The van der Waals surface area contributed by atoms with Crippen LogP contribution in [0, 0.1) is 20.7 Å². The first-order valence-electron chi connectivity index (χ1n) is 9.05. The molecule has 3 aromatic heterocycles. The lowest BCUT2D eigenvalue weighted by Crippen LogP contribution is -2.31. The fraction of sp³-hybridized carbons (Fsp3) is 0.200. The molecule has 0 radical (unpaired) electrons. The van der Waals surface area contributed by atoms with Crippen LogP contribution in [-0.4, -0.2) is 4.98 Å². The Morgan fingerprint density at radius 2 is 1.96 bits per heavy atom. The number of aromatic nitrogens is 2. The van der Waals surface area contributed by atoms with Crippen molar-refractivity contribution in [1.29, 1.82) is 0 Å². The standard InChI is InChI=1S/C20H19N2O/c1-12-5-7-17(22(4)11-12)15-10-16-19(9-13(15)2)23-18-8-6-14(3)21-20(16)18/h5-11H,1-4H3/q+1/i1D3. The number of pyridine rings is 2. The highest BCUT2D eigenvalue weighted by Gasteiger charge is 2.17. The summed E-state index contributed by atoms with van der Waals surface area (Å²) in [6, 6.07) is 11.5. The highest BCUT2D eigenvalue weighted by atomic mass is 16.3. The number of fused-ring (bicyclic) bond motifs is 3. The maximum Gasteiger partial charge on any atom is 0.212 e. The first-order valence-corrected chi connectivity index (χ1v) is 7.55. The van der Waals surface area contributed by atoms with Crippen molar-refractivity contribution in [2.45, 2.75) is 20.7 Å². The number of benzene rings is 1. The third kappa shape index (κ3) is 2.20. The normalized spacial score (nSPS) is 14.0. The first-order chi connectivity index (χ1) is 12.2. The molecular weight excluding hydrogens is 284 g/mol. The molecule has 3 heteroatoms. The molecular formula is C20H19N2O+. The molecule has 23 heavy (non-hydrogen) atoms. The fourth-order valence-electron chi connectivity index (χ4n) is 3.05. The summed E-state index contributed by atoms with van der Waals surface area (Å²) >= 11 is 0. The SMILES string of the molecule is [2H]C([2H])([2H])c1ccc(-c2cc3c(cc2C)oc2ccc(C)nc23)[n+](C)c1. The molecule has 0 unspecified atom stereocenters. The summed E-state index contributed by atoms with van der Waals surface area (Å²) in [6.45, 7) is 1.87. The molecule has 0 aliphatic heterocycles. The van der Waals surface area contributed by atoms with Gasteiger partial charge in [-0.15, -0.1) is 0 Å². The minimum atomic E-state index is -2.11. The van der Waals surface area contributed by atoms with Gasteiger partial charge in [-0.05, 0) is 56.6 Å². The molecule has 0 amide bonds. The van der Waals surface area contributed by atoms with Crippen molar-refractivity contribution in [2.75, 3.05) is 0 Å². The molecule has 0 N–H and O–H groups in total. The Labute approximate surface area is 139 Å². The van der Waals surface area contributed by atoms with E-state index < -0.39 is 6.85 Å². The summed E-state index contributed by atoms with van der Waals surface area (Å²) in [5.41, 5.74) is 6.73. The van der Waals surface area contributed by atoms with Crippen LogP contribution in [0.2, 0.25) is 0 Å². The number of rotatable bonds is 1. The molecule has 0 aliphatic rings. The van der Waals surface area contributed by atoms with E-state index in [0.717, 1.165) is 44.6 Å². The predicted molar refractivity (Wildman–Crippen MR) is 92.3 cm³/mol. The van der Waals surface area contributed by atoms with E-state index in [-0.39, 0.29) is 0 Å². The van der Waals surface area contributed by atoms with Gasteiger partial charge in [0.15, 0.2) is 11.8 Å². The first kappa shape index (κ1) is 10.9. The monoisotopic (exact) mass is 306 g/mol. The van der Waals surface area contributed by atoms with Crippen molar-refractivity contribution in [3.63, 3.8) is 0 Å². The quantitative estimate of drug-likeness (QED) is 0.488. The number of nitrogens with zero attached hydrogens (tertiary/aromatic N) is 2. The fourth-order valence-corrected chi connectivity index (χ4v) is 3.05. The van der Waals surface area contributed by atoms with Gasteiger partial charge in [0, 0.05) is 32.4 Å². The molecule has 3 nitrogen and oxygen atoms in total. The van der Waals surface area contributed by atoms with Crippen LogP contribution in [0.15, 0.2) is 47.0 Å². The smallest absolute Gasteiger partial charge is 0.212 e. The maximum absolute atomic E-state index is 7.58. The minimum absolute atomic E-state index is 0.327. The van der Waals surface area contributed by atoms with Crippen LogP contribution >= 0.6 is 0 Å². The van der Waals surface area contributed by atoms with Gasteiger partial charge in [-0.3, -0.25) is 0 Å². The lowest BCUT2D eigenvalue weighted by molar-refractivity contribution is -0.660. The summed E-state index contributed by atoms with van der Waals surface area (Å²) in [5, 5.41) is 0.962. The van der Waals surface area contributed by atoms with E-state index in [9.17, 15) is 0 Å². The summed E-state index contributed by atoms with van der Waals surface area (Å²) in [4.78, 5) is 4.62. The van der Waals surface area contributed by atoms with Crippen molar-refractivity contribution in [3.8, 4) is 11.3 Å². The van der Waals surface area contributed by atoms with E-state index in [1.54, 1.807) is 12.3 Å². The molecule has 0 aliphatic carbocycles. The third-order valence-corrected chi connectivity index (χ3v) is 4.21. The van der Waals surface area contributed by atoms with Crippen molar-refractivity contribution in [1.82, 2.24) is 4.98 Å². The Kier molecular flexibility index (Phi) is 2.34. The van der Waals surface area contributed by atoms with Gasteiger partial charge in [-0.25, -0.2) is 9.55 Å². The van der Waals surface area contributed by atoms with Gasteiger partial charge in [-0.1, -0.05) is 0 Å². The number of hydrogen-bond donors (Lipinski definition) is 0. The van der Waals surface area contributed by atoms with Crippen LogP contribution in [0.25, 0.3) is 33.3 Å². The van der Waals surface area contributed by atoms with Gasteiger partial charge in [0.1, 0.15) is 18.1 Å². The number of furan rings is 1. The van der Waals surface area contributed by atoms with Gasteiger partial charge in [0.2, 0.25) is 5.69 Å². The predicted octanol–water partition coefficient (Wildman–Crippen LogP) is 4.40. The molecule has 1 aromatic carbocycles. The van der Waals surface area contributed by atoms with Gasteiger partial charge in [0.25, 0.3) is 0 Å². The molecule has 0 atom stereocenters. The third-order valence-electron chi connectivity index (χ3n) is 4.21. The zero-order valence-corrected chi connectivity index (χ0v) is 13.3. The van der Waals surface area contributed by atoms with Crippen molar-refractivity contribution < 1.29 is 13.1 Å². The Morgan fingerprint density at radius 3 is 2.74 bits per heavy atom. The lowest BCUT2D eigenvalue weighted by Gasteiger charge is -2.05. The van der Waals surface area contributed by atoms with Crippen molar-refractivity contribution in [2.24, 2.45) is 7.05 Å². The molecule has 0 bridgehead atoms. The van der Waals surface area contributed by atoms with Crippen molar-refractivity contribution >= 4 is 22.1 Å². The Morgan fingerprint density at radius 1 is 1.09 bits per heavy atom. The Bertz CT molecular complexity index is 1160. The van der Waals surface area contributed by atoms with E-state index in [0.29, 0.717) is 5.56 Å². The van der Waals surface area contributed by atoms with E-state index in [2.05, 4.69) is 11.1 Å². The second kappa shape index (κ2) is 4.92. The molecule has 114 valence electrons. The van der Waals surface area contributed by atoms with Gasteiger partial charge in [0.05, 0.1) is 0 Å². The minimum Gasteiger partial charge on any atom is -0.454 e. The molecule has 0 saturated heterocycles. The summed E-state index contributed by atoms with van der Waals surface area (Å²) < 4.78 is 30.5. The number of hydrogen-bond acceptors (Lipinski definition) is 2. The average molecular weight is 306 g/mol. The Hall–Kier alpha value is -2.68. The van der Waals surface area contributed by atoms with Crippen LogP contribution in [0.1, 0.15) is 20.9 Å². The van der Waals surface area contributed by atoms with Crippen LogP contribution in [0.4, 0.5) is 0 Å². The second-order valence-corrected chi connectivity index (χ2v) is 5.98. The van der Waals surface area contributed by atoms with Crippen LogP contribution in [-0.2, 0) is 7.05 Å². The van der Waals surface area contributed by atoms with Crippen molar-refractivity contribution in [3.05, 3.63) is 59.4 Å². The second-order valence-electron chi connectivity index (χ2n) is 5.98. The van der Waals surface area contributed by atoms with Gasteiger partial charge < -0.3 is 4.42 Å². The van der Waals surface area contributed by atoms with E-state index in [4.69, 9.17) is 8.53 Å². The Balaban J connectivity index is 1.95. The largest absolute Gasteiger partial charge is 0.454 e. The van der Waals surface area contributed by atoms with Crippen LogP contribution in [0.3, 0.4) is 0 Å². The zero-order chi connectivity index (χ0) is 18.6. The topological polar surface area (TPSA) is 29.9 Å². The summed E-state index contributed by atoms with van der Waals surface area (Å²) in [7, 11) is 1.87. The molecule has 0 saturated carbocycles. The maximum atomic E-state index is 7.58. The van der Waals surface area contributed by atoms with E-state index in [1.165, 1.54) is 0 Å². The lowest BCUT2D eigenvalue weighted by atomic mass is 10.0. The number of aryl methyl sites for hydroxylation is 4. The molecule has 0 fully saturated rings. The molecule has 3 heterocycles. The zero-order valence-electron chi connectivity index (χ0n) is 16.3. The molecule has 4 rings (SSSR count). The molecule has 4 aromatic rings. The molecule has 0 spiro atoms.